The third kappa shape index (κ3) is 3.61. The standard InChI is InChI=1S/C16H23BrN2O/c1-16(2)10-9-13(18)11-19(16)15(20)8-7-12-5-3-4-6-14(12)17/h3-6,13H,7-11,18H2,1-2H3. The van der Waals surface area contributed by atoms with Crippen molar-refractivity contribution in [3.63, 3.8) is 0 Å². The molecular formula is C16H23BrN2O. The molecule has 3 nitrogen and oxygen atoms in total. The Balaban J connectivity index is 1.99. The highest BCUT2D eigenvalue weighted by atomic mass is 79.9. The first-order chi connectivity index (χ1) is 9.40. The summed E-state index contributed by atoms with van der Waals surface area (Å²) in [6.07, 6.45) is 3.29. The van der Waals surface area contributed by atoms with Gasteiger partial charge in [0, 0.05) is 29.0 Å². The van der Waals surface area contributed by atoms with E-state index in [2.05, 4.69) is 35.8 Å². The van der Waals surface area contributed by atoms with Crippen molar-refractivity contribution in [2.45, 2.75) is 51.1 Å². The van der Waals surface area contributed by atoms with E-state index in [0.29, 0.717) is 13.0 Å². The van der Waals surface area contributed by atoms with Crippen LogP contribution in [-0.2, 0) is 11.2 Å². The number of aryl methyl sites for hydroxylation is 1. The number of carbonyl (C=O) groups is 1. The van der Waals surface area contributed by atoms with Gasteiger partial charge in [0.1, 0.15) is 0 Å². The highest BCUT2D eigenvalue weighted by Crippen LogP contribution is 2.28. The zero-order chi connectivity index (χ0) is 14.8. The maximum atomic E-state index is 12.5. The van der Waals surface area contributed by atoms with Gasteiger partial charge in [0.05, 0.1) is 0 Å². The Bertz CT molecular complexity index is 487. The number of nitrogens with two attached hydrogens (primary N) is 1. The van der Waals surface area contributed by atoms with Gasteiger partial charge in [0.25, 0.3) is 0 Å². The van der Waals surface area contributed by atoms with Gasteiger partial charge in [-0.1, -0.05) is 34.1 Å². The molecule has 1 aromatic carbocycles. The highest BCUT2D eigenvalue weighted by Gasteiger charge is 2.35. The van der Waals surface area contributed by atoms with Crippen LogP contribution in [-0.4, -0.2) is 28.9 Å². The van der Waals surface area contributed by atoms with E-state index in [-0.39, 0.29) is 17.5 Å². The number of amides is 1. The molecular weight excluding hydrogens is 316 g/mol. The van der Waals surface area contributed by atoms with Crippen molar-refractivity contribution >= 4 is 21.8 Å². The summed E-state index contributed by atoms with van der Waals surface area (Å²) in [7, 11) is 0. The van der Waals surface area contributed by atoms with Crippen LogP contribution in [0.1, 0.15) is 38.7 Å². The first kappa shape index (κ1) is 15.5. The molecule has 1 amide bonds. The molecule has 1 unspecified atom stereocenters. The van der Waals surface area contributed by atoms with E-state index >= 15 is 0 Å². The minimum absolute atomic E-state index is 0.0686. The van der Waals surface area contributed by atoms with Crippen molar-refractivity contribution in [2.75, 3.05) is 6.54 Å². The van der Waals surface area contributed by atoms with Crippen molar-refractivity contribution in [1.29, 1.82) is 0 Å². The fraction of sp³-hybridized carbons (Fsp3) is 0.562. The van der Waals surface area contributed by atoms with Crippen LogP contribution in [0.5, 0.6) is 0 Å². The molecule has 2 N–H and O–H groups in total. The monoisotopic (exact) mass is 338 g/mol. The van der Waals surface area contributed by atoms with Gasteiger partial charge in [-0.2, -0.15) is 0 Å². The van der Waals surface area contributed by atoms with Crippen molar-refractivity contribution < 1.29 is 4.79 Å². The van der Waals surface area contributed by atoms with E-state index in [0.717, 1.165) is 23.7 Å². The first-order valence-electron chi connectivity index (χ1n) is 7.19. The minimum atomic E-state index is -0.0686. The molecule has 4 heteroatoms. The summed E-state index contributed by atoms with van der Waals surface area (Å²) >= 11 is 3.53. The van der Waals surface area contributed by atoms with E-state index in [1.165, 1.54) is 5.56 Å². The molecule has 0 saturated carbocycles. The normalized spacial score (nSPS) is 21.8. The Morgan fingerprint density at radius 2 is 2.15 bits per heavy atom. The second kappa shape index (κ2) is 6.27. The van der Waals surface area contributed by atoms with Gasteiger partial charge in [0.2, 0.25) is 5.91 Å². The number of carbonyl (C=O) groups excluding carboxylic acids is 1. The molecule has 1 heterocycles. The van der Waals surface area contributed by atoms with Gasteiger partial charge in [-0.3, -0.25) is 4.79 Å². The van der Waals surface area contributed by atoms with Gasteiger partial charge in [-0.15, -0.1) is 0 Å². The number of hydrogen-bond donors (Lipinski definition) is 1. The quantitative estimate of drug-likeness (QED) is 0.920. The Morgan fingerprint density at radius 1 is 1.45 bits per heavy atom. The molecule has 1 saturated heterocycles. The zero-order valence-electron chi connectivity index (χ0n) is 12.2. The SMILES string of the molecule is CC1(C)CCC(N)CN1C(=O)CCc1ccccc1Br. The number of piperidine rings is 1. The number of benzene rings is 1. The molecule has 0 aliphatic carbocycles. The van der Waals surface area contributed by atoms with Gasteiger partial charge < -0.3 is 10.6 Å². The maximum Gasteiger partial charge on any atom is 0.223 e. The maximum absolute atomic E-state index is 12.5. The molecule has 0 spiro atoms. The van der Waals surface area contributed by atoms with Crippen molar-refractivity contribution in [2.24, 2.45) is 5.73 Å². The third-order valence-electron chi connectivity index (χ3n) is 4.14. The average Bonchev–Trinajstić information content (AvgIpc) is 2.40. The van der Waals surface area contributed by atoms with E-state index < -0.39 is 0 Å². The fourth-order valence-corrected chi connectivity index (χ4v) is 3.25. The second-order valence-electron chi connectivity index (χ2n) is 6.21. The minimum Gasteiger partial charge on any atom is -0.336 e. The van der Waals surface area contributed by atoms with Gasteiger partial charge in [0.15, 0.2) is 0 Å². The largest absolute Gasteiger partial charge is 0.336 e. The lowest BCUT2D eigenvalue weighted by atomic mass is 9.88. The summed E-state index contributed by atoms with van der Waals surface area (Å²) in [5.41, 5.74) is 7.13. The summed E-state index contributed by atoms with van der Waals surface area (Å²) in [5.74, 6) is 0.209. The summed E-state index contributed by atoms with van der Waals surface area (Å²) in [5, 5.41) is 0. The molecule has 1 aliphatic rings. The van der Waals surface area contributed by atoms with E-state index in [9.17, 15) is 4.79 Å². The lowest BCUT2D eigenvalue weighted by Gasteiger charge is -2.45. The first-order valence-corrected chi connectivity index (χ1v) is 7.99. The van der Waals surface area contributed by atoms with E-state index in [4.69, 9.17) is 5.73 Å². The molecule has 20 heavy (non-hydrogen) atoms. The molecule has 1 atom stereocenters. The number of rotatable bonds is 3. The molecule has 0 aromatic heterocycles. The lowest BCUT2D eigenvalue weighted by molar-refractivity contribution is -0.138. The smallest absolute Gasteiger partial charge is 0.223 e. The number of likely N-dealkylation sites (tertiary alicyclic amines) is 1. The highest BCUT2D eigenvalue weighted by molar-refractivity contribution is 9.10. The molecule has 0 bridgehead atoms. The Kier molecular flexibility index (Phi) is 4.86. The molecule has 1 fully saturated rings. The van der Waals surface area contributed by atoms with Crippen molar-refractivity contribution in [3.05, 3.63) is 34.3 Å². The summed E-state index contributed by atoms with van der Waals surface area (Å²) in [6.45, 7) is 4.95. The van der Waals surface area contributed by atoms with Gasteiger partial charge >= 0.3 is 0 Å². The predicted octanol–water partition coefficient (Wildman–Crippen LogP) is 3.11. The van der Waals surface area contributed by atoms with Crippen LogP contribution in [0.3, 0.4) is 0 Å². The average molecular weight is 339 g/mol. The van der Waals surface area contributed by atoms with Crippen LogP contribution in [0.15, 0.2) is 28.7 Å². The van der Waals surface area contributed by atoms with Crippen LogP contribution in [0.2, 0.25) is 0 Å². The van der Waals surface area contributed by atoms with Crippen LogP contribution >= 0.6 is 15.9 Å². The molecule has 1 aliphatic heterocycles. The Morgan fingerprint density at radius 3 is 2.85 bits per heavy atom. The predicted molar refractivity (Wildman–Crippen MR) is 85.5 cm³/mol. The Hall–Kier alpha value is -0.870. The molecule has 110 valence electrons. The van der Waals surface area contributed by atoms with Crippen LogP contribution < -0.4 is 5.73 Å². The topological polar surface area (TPSA) is 46.3 Å². The van der Waals surface area contributed by atoms with Crippen molar-refractivity contribution in [3.8, 4) is 0 Å². The Labute approximate surface area is 129 Å². The third-order valence-corrected chi connectivity index (χ3v) is 4.92. The van der Waals surface area contributed by atoms with Crippen LogP contribution in [0.25, 0.3) is 0 Å². The van der Waals surface area contributed by atoms with Crippen LogP contribution in [0.4, 0.5) is 0 Å². The summed E-state index contributed by atoms with van der Waals surface area (Å²) < 4.78 is 1.07. The van der Waals surface area contributed by atoms with Crippen LogP contribution in [0, 0.1) is 0 Å². The zero-order valence-corrected chi connectivity index (χ0v) is 13.8. The van der Waals surface area contributed by atoms with Crippen molar-refractivity contribution in [1.82, 2.24) is 4.90 Å². The number of hydrogen-bond acceptors (Lipinski definition) is 2. The molecule has 2 rings (SSSR count). The molecule has 1 aromatic rings. The second-order valence-corrected chi connectivity index (χ2v) is 7.06. The molecule has 0 radical (unpaired) electrons. The van der Waals surface area contributed by atoms with Gasteiger partial charge in [-0.25, -0.2) is 0 Å². The number of halogens is 1. The fourth-order valence-electron chi connectivity index (χ4n) is 2.76. The van der Waals surface area contributed by atoms with Gasteiger partial charge in [-0.05, 0) is 44.7 Å². The van der Waals surface area contributed by atoms with E-state index in [1.54, 1.807) is 0 Å². The lowest BCUT2D eigenvalue weighted by Crippen LogP contribution is -2.56. The van der Waals surface area contributed by atoms with E-state index in [1.807, 2.05) is 23.1 Å². The number of nitrogens with zero attached hydrogens (tertiary/aromatic N) is 1. The summed E-state index contributed by atoms with van der Waals surface area (Å²) in [6, 6.07) is 8.19. The summed E-state index contributed by atoms with van der Waals surface area (Å²) in [4.78, 5) is 14.5.